The number of hydrogen-bond acceptors (Lipinski definition) is 4. The first-order valence-corrected chi connectivity index (χ1v) is 9.09. The van der Waals surface area contributed by atoms with Crippen LogP contribution in [0.5, 0.6) is 0 Å². The lowest BCUT2D eigenvalue weighted by molar-refractivity contribution is 0.522. The molecule has 1 aliphatic rings. The number of hydrogen-bond donors (Lipinski definition) is 1. The summed E-state index contributed by atoms with van der Waals surface area (Å²) in [5.41, 5.74) is 0. The monoisotopic (exact) mass is 295 g/mol. The van der Waals surface area contributed by atoms with E-state index < -0.39 is 9.84 Å². The molecule has 2 unspecified atom stereocenters. The van der Waals surface area contributed by atoms with Gasteiger partial charge in [-0.25, -0.2) is 8.42 Å². The average molecular weight is 295 g/mol. The second-order valence-corrected chi connectivity index (χ2v) is 8.60. The van der Waals surface area contributed by atoms with Gasteiger partial charge in [0.25, 0.3) is 0 Å². The molecule has 0 radical (unpaired) electrons. The molecule has 1 aliphatic heterocycles. The number of benzene rings is 1. The predicted molar refractivity (Wildman–Crippen MR) is 80.4 cm³/mol. The first kappa shape index (κ1) is 13.1. The van der Waals surface area contributed by atoms with Crippen LogP contribution in [0, 0.1) is 5.92 Å². The third-order valence-electron chi connectivity index (χ3n) is 3.46. The Labute approximate surface area is 117 Å². The van der Waals surface area contributed by atoms with Gasteiger partial charge in [0.05, 0.1) is 17.5 Å². The zero-order valence-corrected chi connectivity index (χ0v) is 12.4. The highest BCUT2D eigenvalue weighted by Crippen LogP contribution is 2.31. The van der Waals surface area contributed by atoms with Gasteiger partial charge in [0, 0.05) is 9.58 Å². The van der Waals surface area contributed by atoms with Crippen LogP contribution >= 0.6 is 11.3 Å². The molecular formula is C14H17NO2S2. The molecule has 3 nitrogen and oxygen atoms in total. The van der Waals surface area contributed by atoms with Crippen molar-refractivity contribution in [3.8, 4) is 0 Å². The maximum Gasteiger partial charge on any atom is 0.152 e. The van der Waals surface area contributed by atoms with Gasteiger partial charge in [-0.1, -0.05) is 25.1 Å². The molecule has 0 saturated carbocycles. The lowest BCUT2D eigenvalue weighted by atomic mass is 10.2. The predicted octanol–water partition coefficient (Wildman–Crippen LogP) is 2.60. The molecule has 0 aliphatic carbocycles. The van der Waals surface area contributed by atoms with E-state index in [1.165, 1.54) is 10.1 Å². The number of sulfone groups is 1. The van der Waals surface area contributed by atoms with Crippen molar-refractivity contribution in [2.24, 2.45) is 5.92 Å². The Morgan fingerprint density at radius 3 is 2.84 bits per heavy atom. The Hall–Kier alpha value is -0.910. The Morgan fingerprint density at radius 1 is 1.26 bits per heavy atom. The number of nitrogens with one attached hydrogen (secondary N) is 1. The topological polar surface area (TPSA) is 46.2 Å². The van der Waals surface area contributed by atoms with Crippen molar-refractivity contribution in [3.63, 3.8) is 0 Å². The van der Waals surface area contributed by atoms with Crippen molar-refractivity contribution in [3.05, 3.63) is 35.2 Å². The second-order valence-electron chi connectivity index (χ2n) is 5.33. The highest BCUT2D eigenvalue weighted by atomic mass is 32.2. The molecule has 1 saturated heterocycles. The minimum Gasteiger partial charge on any atom is -0.308 e. The molecular weight excluding hydrogens is 278 g/mol. The lowest BCUT2D eigenvalue weighted by Crippen LogP contribution is -2.25. The third kappa shape index (κ3) is 2.83. The zero-order chi connectivity index (χ0) is 13.5. The maximum absolute atomic E-state index is 12.0. The van der Waals surface area contributed by atoms with Crippen LogP contribution in [0.2, 0.25) is 0 Å². The van der Waals surface area contributed by atoms with Crippen LogP contribution in [0.1, 0.15) is 17.8 Å². The molecule has 1 fully saturated rings. The molecule has 0 amide bonds. The summed E-state index contributed by atoms with van der Waals surface area (Å²) < 4.78 is 25.3. The van der Waals surface area contributed by atoms with Crippen LogP contribution in [0.3, 0.4) is 0 Å². The molecule has 2 atom stereocenters. The molecule has 0 bridgehead atoms. The van der Waals surface area contributed by atoms with E-state index in [-0.39, 0.29) is 17.7 Å². The summed E-state index contributed by atoms with van der Waals surface area (Å²) in [6.07, 6.45) is 0. The molecule has 5 heteroatoms. The molecule has 1 aromatic carbocycles. The van der Waals surface area contributed by atoms with E-state index in [9.17, 15) is 8.42 Å². The minimum absolute atomic E-state index is 0.0626. The smallest absolute Gasteiger partial charge is 0.152 e. The van der Waals surface area contributed by atoms with E-state index in [0.29, 0.717) is 5.75 Å². The van der Waals surface area contributed by atoms with Crippen LogP contribution in [-0.2, 0) is 9.84 Å². The summed E-state index contributed by atoms with van der Waals surface area (Å²) in [6, 6.07) is 10.2. The molecule has 3 rings (SSSR count). The van der Waals surface area contributed by atoms with Crippen molar-refractivity contribution in [1.29, 1.82) is 0 Å². The first-order chi connectivity index (χ1) is 9.03. The van der Waals surface area contributed by atoms with Gasteiger partial charge in [-0.05, 0) is 30.0 Å². The van der Waals surface area contributed by atoms with E-state index in [2.05, 4.69) is 23.5 Å². The molecule has 19 heavy (non-hydrogen) atoms. The van der Waals surface area contributed by atoms with Gasteiger partial charge in [0.1, 0.15) is 0 Å². The third-order valence-corrected chi connectivity index (χ3v) is 6.61. The SMILES string of the molecule is CC1CNC(c2cc3ccccc3s2)CS(=O)(=O)C1. The summed E-state index contributed by atoms with van der Waals surface area (Å²) >= 11 is 1.69. The Morgan fingerprint density at radius 2 is 2.05 bits per heavy atom. The molecule has 1 N–H and O–H groups in total. The first-order valence-electron chi connectivity index (χ1n) is 6.46. The number of fused-ring (bicyclic) bond motifs is 1. The summed E-state index contributed by atoms with van der Waals surface area (Å²) in [4.78, 5) is 1.12. The average Bonchev–Trinajstić information content (AvgIpc) is 2.71. The maximum atomic E-state index is 12.0. The minimum atomic E-state index is -2.96. The van der Waals surface area contributed by atoms with Crippen LogP contribution < -0.4 is 5.32 Å². The van der Waals surface area contributed by atoms with E-state index in [1.807, 2.05) is 19.1 Å². The van der Waals surface area contributed by atoms with Crippen LogP contribution in [0.15, 0.2) is 30.3 Å². The van der Waals surface area contributed by atoms with Crippen molar-refractivity contribution in [2.75, 3.05) is 18.1 Å². The summed E-state index contributed by atoms with van der Waals surface area (Å²) in [7, 11) is -2.96. The fraction of sp³-hybridized carbons (Fsp3) is 0.429. The molecule has 2 heterocycles. The summed E-state index contributed by atoms with van der Waals surface area (Å²) in [6.45, 7) is 2.75. The van der Waals surface area contributed by atoms with Gasteiger partial charge in [0.15, 0.2) is 9.84 Å². The Bertz CT molecular complexity index is 657. The van der Waals surface area contributed by atoms with Crippen LogP contribution in [0.4, 0.5) is 0 Å². The number of thiophene rings is 1. The molecule has 102 valence electrons. The van der Waals surface area contributed by atoms with Crippen molar-refractivity contribution >= 4 is 31.3 Å². The Kier molecular flexibility index (Phi) is 3.37. The largest absolute Gasteiger partial charge is 0.308 e. The molecule has 0 spiro atoms. The number of rotatable bonds is 1. The fourth-order valence-electron chi connectivity index (χ4n) is 2.57. The van der Waals surface area contributed by atoms with Crippen molar-refractivity contribution < 1.29 is 8.42 Å². The lowest BCUT2D eigenvalue weighted by Gasteiger charge is -2.13. The normalized spacial score (nSPS) is 27.2. The van der Waals surface area contributed by atoms with Gasteiger partial charge < -0.3 is 5.32 Å². The van der Waals surface area contributed by atoms with Gasteiger partial charge in [-0.3, -0.25) is 0 Å². The second kappa shape index (κ2) is 4.89. The summed E-state index contributed by atoms with van der Waals surface area (Å²) in [5, 5.41) is 4.59. The van der Waals surface area contributed by atoms with Crippen molar-refractivity contribution in [2.45, 2.75) is 13.0 Å². The van der Waals surface area contributed by atoms with Crippen molar-refractivity contribution in [1.82, 2.24) is 5.32 Å². The summed E-state index contributed by atoms with van der Waals surface area (Å²) in [5.74, 6) is 0.690. The van der Waals surface area contributed by atoms with Gasteiger partial charge in [-0.15, -0.1) is 11.3 Å². The van der Waals surface area contributed by atoms with E-state index >= 15 is 0 Å². The quantitative estimate of drug-likeness (QED) is 0.879. The zero-order valence-electron chi connectivity index (χ0n) is 10.8. The highest BCUT2D eigenvalue weighted by Gasteiger charge is 2.28. The van der Waals surface area contributed by atoms with E-state index in [4.69, 9.17) is 0 Å². The van der Waals surface area contributed by atoms with E-state index in [0.717, 1.165) is 11.4 Å². The Balaban J connectivity index is 1.96. The molecule has 2 aromatic rings. The van der Waals surface area contributed by atoms with Crippen LogP contribution in [-0.4, -0.2) is 26.5 Å². The van der Waals surface area contributed by atoms with Gasteiger partial charge >= 0.3 is 0 Å². The van der Waals surface area contributed by atoms with Crippen LogP contribution in [0.25, 0.3) is 10.1 Å². The standard InChI is InChI=1S/C14H17NO2S2/c1-10-7-15-12(9-19(16,17)8-10)14-6-11-4-2-3-5-13(11)18-14/h2-6,10,12,15H,7-9H2,1H3. The highest BCUT2D eigenvalue weighted by molar-refractivity contribution is 7.91. The molecule has 1 aromatic heterocycles. The van der Waals surface area contributed by atoms with E-state index in [1.54, 1.807) is 11.3 Å². The van der Waals surface area contributed by atoms with Gasteiger partial charge in [-0.2, -0.15) is 0 Å². The fourth-order valence-corrected chi connectivity index (χ4v) is 5.75. The van der Waals surface area contributed by atoms with Gasteiger partial charge in [0.2, 0.25) is 0 Å².